The molecule has 6 nitrogen and oxygen atoms in total. The molecule has 0 aromatic heterocycles. The molecule has 81 heavy (non-hydrogen) atoms. The molecule has 0 aliphatic rings. The second-order valence-corrected chi connectivity index (χ2v) is 21.6. The molecule has 0 aromatic rings. The van der Waals surface area contributed by atoms with E-state index >= 15 is 0 Å². The van der Waals surface area contributed by atoms with Gasteiger partial charge < -0.3 is 14.2 Å². The SMILES string of the molecule is CC/C=C\C/C=C\C/C=C\C/C=C\C/C=C\CCCCCCCCCC(=O)OC(COC(=O)CCCCCCC/C=C\C/C=C\C/C=C\CC)COC(=O)CCCCCCCCCCCCCC/C=C\C/C=C\C/C=C\C/C=C\CC. The van der Waals surface area contributed by atoms with Crippen LogP contribution in [-0.4, -0.2) is 37.2 Å². The largest absolute Gasteiger partial charge is 0.462 e. The molecule has 0 aliphatic heterocycles. The van der Waals surface area contributed by atoms with Gasteiger partial charge in [0.1, 0.15) is 13.2 Å². The van der Waals surface area contributed by atoms with Gasteiger partial charge in [0.2, 0.25) is 0 Å². The van der Waals surface area contributed by atoms with Gasteiger partial charge in [0.25, 0.3) is 0 Å². The van der Waals surface area contributed by atoms with E-state index in [1.54, 1.807) is 0 Å². The van der Waals surface area contributed by atoms with E-state index in [4.69, 9.17) is 14.2 Å². The molecule has 0 fully saturated rings. The maximum Gasteiger partial charge on any atom is 0.306 e. The van der Waals surface area contributed by atoms with Gasteiger partial charge >= 0.3 is 17.9 Å². The van der Waals surface area contributed by atoms with E-state index in [0.29, 0.717) is 19.3 Å². The van der Waals surface area contributed by atoms with Crippen LogP contribution >= 0.6 is 0 Å². The number of esters is 3. The highest BCUT2D eigenvalue weighted by molar-refractivity contribution is 5.71. The van der Waals surface area contributed by atoms with Gasteiger partial charge in [-0.3, -0.25) is 14.4 Å². The zero-order valence-electron chi connectivity index (χ0n) is 52.5. The van der Waals surface area contributed by atoms with Crippen LogP contribution in [0.3, 0.4) is 0 Å². The number of carbonyl (C=O) groups excluding carboxylic acids is 3. The molecule has 0 radical (unpaired) electrons. The Morgan fingerprint density at radius 3 is 0.691 bits per heavy atom. The number of rotatable bonds is 59. The summed E-state index contributed by atoms with van der Waals surface area (Å²) < 4.78 is 16.9. The first-order chi connectivity index (χ1) is 40.0. The molecule has 0 saturated carbocycles. The van der Waals surface area contributed by atoms with Gasteiger partial charge in [-0.1, -0.05) is 282 Å². The van der Waals surface area contributed by atoms with Crippen LogP contribution in [0.4, 0.5) is 0 Å². The van der Waals surface area contributed by atoms with E-state index in [0.717, 1.165) is 167 Å². The van der Waals surface area contributed by atoms with Crippen molar-refractivity contribution in [2.45, 2.75) is 297 Å². The van der Waals surface area contributed by atoms with Crippen molar-refractivity contribution in [2.75, 3.05) is 13.2 Å². The zero-order valence-corrected chi connectivity index (χ0v) is 52.5. The molecular weight excluding hydrogens is 997 g/mol. The monoisotopic (exact) mass is 1120 g/mol. The van der Waals surface area contributed by atoms with Gasteiger partial charge in [0.05, 0.1) is 0 Å². The Morgan fingerprint density at radius 2 is 0.444 bits per heavy atom. The molecule has 0 N–H and O–H groups in total. The molecule has 1 atom stereocenters. The normalized spacial score (nSPS) is 13.1. The summed E-state index contributed by atoms with van der Waals surface area (Å²) in [6, 6.07) is 0. The molecule has 0 heterocycles. The Kier molecular flexibility index (Phi) is 63.9. The Hall–Kier alpha value is -4.71. The third-order valence-electron chi connectivity index (χ3n) is 13.8. The van der Waals surface area contributed by atoms with Crippen molar-refractivity contribution in [2.24, 2.45) is 0 Å². The minimum absolute atomic E-state index is 0.0935. The van der Waals surface area contributed by atoms with Crippen LogP contribution in [0.15, 0.2) is 146 Å². The highest BCUT2D eigenvalue weighted by Crippen LogP contribution is 2.16. The molecular formula is C75H122O6. The first kappa shape index (κ1) is 76.3. The van der Waals surface area contributed by atoms with Gasteiger partial charge in [0.15, 0.2) is 6.10 Å². The van der Waals surface area contributed by atoms with Crippen molar-refractivity contribution in [1.29, 1.82) is 0 Å². The predicted octanol–water partition coefficient (Wildman–Crippen LogP) is 23.1. The van der Waals surface area contributed by atoms with Gasteiger partial charge in [-0.2, -0.15) is 0 Å². The summed E-state index contributed by atoms with van der Waals surface area (Å²) in [6.45, 7) is 6.29. The van der Waals surface area contributed by atoms with Crippen LogP contribution in [0.25, 0.3) is 0 Å². The maximum atomic E-state index is 12.9. The van der Waals surface area contributed by atoms with Gasteiger partial charge in [-0.25, -0.2) is 0 Å². The molecule has 0 aromatic carbocycles. The first-order valence-corrected chi connectivity index (χ1v) is 33.3. The summed E-state index contributed by atoms with van der Waals surface area (Å²) in [7, 11) is 0. The first-order valence-electron chi connectivity index (χ1n) is 33.3. The smallest absolute Gasteiger partial charge is 0.306 e. The lowest BCUT2D eigenvalue weighted by Gasteiger charge is -2.18. The van der Waals surface area contributed by atoms with Crippen molar-refractivity contribution in [3.05, 3.63) is 146 Å². The quantitative estimate of drug-likeness (QED) is 0.0261. The standard InChI is InChI=1S/C75H122O6/c1-4-7-10-13-16-19-22-25-28-30-32-34-36-37-39-40-42-44-47-50-53-56-59-62-65-68-74(77)80-71-72(70-79-73(76)67-64-61-58-55-52-49-46-27-24-21-18-15-12-9-6-3)81-75(78)69-66-63-60-57-54-51-48-45-43-41-38-35-33-31-29-26-23-20-17-14-11-8-5-2/h7-12,16-21,25-29,32-35,41,43,46,72H,4-6,13-15,22-24,30-31,36-40,42,44-45,47-71H2,1-3H3/b10-7-,11-8-,12-9-,19-16-,20-17-,21-18-,28-25-,29-26-,34-32-,35-33-,43-41-,46-27-. The van der Waals surface area contributed by atoms with Crippen molar-refractivity contribution in [1.82, 2.24) is 0 Å². The number of carbonyl (C=O) groups is 3. The second-order valence-electron chi connectivity index (χ2n) is 21.6. The molecule has 0 saturated heterocycles. The van der Waals surface area contributed by atoms with Crippen molar-refractivity contribution in [3.63, 3.8) is 0 Å². The minimum atomic E-state index is -0.800. The van der Waals surface area contributed by atoms with Crippen LogP contribution in [0.1, 0.15) is 290 Å². The van der Waals surface area contributed by atoms with E-state index in [2.05, 4.69) is 167 Å². The van der Waals surface area contributed by atoms with E-state index in [9.17, 15) is 14.4 Å². The van der Waals surface area contributed by atoms with Gasteiger partial charge in [0, 0.05) is 19.3 Å². The summed E-state index contributed by atoms with van der Waals surface area (Å²) in [5, 5.41) is 0. The van der Waals surface area contributed by atoms with E-state index < -0.39 is 6.10 Å². The number of unbranched alkanes of at least 4 members (excludes halogenated alkanes) is 24. The van der Waals surface area contributed by atoms with Crippen LogP contribution in [0.2, 0.25) is 0 Å². The van der Waals surface area contributed by atoms with Crippen molar-refractivity contribution in [3.8, 4) is 0 Å². The fourth-order valence-electron chi connectivity index (χ4n) is 8.95. The lowest BCUT2D eigenvalue weighted by molar-refractivity contribution is -0.167. The molecule has 0 spiro atoms. The van der Waals surface area contributed by atoms with E-state index in [1.165, 1.54) is 83.5 Å². The fourth-order valence-corrected chi connectivity index (χ4v) is 8.95. The lowest BCUT2D eigenvalue weighted by atomic mass is 10.0. The van der Waals surface area contributed by atoms with Crippen molar-refractivity contribution >= 4 is 17.9 Å². The fraction of sp³-hybridized carbons (Fsp3) is 0.640. The highest BCUT2D eigenvalue weighted by atomic mass is 16.6. The minimum Gasteiger partial charge on any atom is -0.462 e. The van der Waals surface area contributed by atoms with E-state index in [1.807, 2.05) is 0 Å². The summed E-state index contributed by atoms with van der Waals surface area (Å²) >= 11 is 0. The number of hydrogen-bond acceptors (Lipinski definition) is 6. The average molecular weight is 1120 g/mol. The summed E-state index contributed by atoms with van der Waals surface area (Å²) in [5.41, 5.74) is 0. The molecule has 458 valence electrons. The summed E-state index contributed by atoms with van der Waals surface area (Å²) in [6.07, 6.45) is 97.1. The molecule has 1 unspecified atom stereocenters. The van der Waals surface area contributed by atoms with Gasteiger partial charge in [-0.15, -0.1) is 0 Å². The topological polar surface area (TPSA) is 78.9 Å². The van der Waals surface area contributed by atoms with Crippen LogP contribution in [0, 0.1) is 0 Å². The van der Waals surface area contributed by atoms with Crippen LogP contribution in [0.5, 0.6) is 0 Å². The molecule has 6 heteroatoms. The summed E-state index contributed by atoms with van der Waals surface area (Å²) in [4.78, 5) is 38.4. The third kappa shape index (κ3) is 66.0. The molecule has 0 amide bonds. The number of ether oxygens (including phenoxy) is 3. The lowest BCUT2D eigenvalue weighted by Crippen LogP contribution is -2.30. The summed E-state index contributed by atoms with van der Waals surface area (Å²) in [5.74, 6) is -0.920. The van der Waals surface area contributed by atoms with Crippen LogP contribution < -0.4 is 0 Å². The Bertz CT molecular complexity index is 1760. The Balaban J connectivity index is 4.40. The van der Waals surface area contributed by atoms with E-state index in [-0.39, 0.29) is 31.1 Å². The second kappa shape index (κ2) is 67.8. The molecule has 0 bridgehead atoms. The van der Waals surface area contributed by atoms with Crippen molar-refractivity contribution < 1.29 is 28.6 Å². The highest BCUT2D eigenvalue weighted by Gasteiger charge is 2.19. The van der Waals surface area contributed by atoms with Crippen LogP contribution in [-0.2, 0) is 28.6 Å². The molecule has 0 rings (SSSR count). The maximum absolute atomic E-state index is 12.9. The van der Waals surface area contributed by atoms with Gasteiger partial charge in [-0.05, 0) is 135 Å². The average Bonchev–Trinajstić information content (AvgIpc) is 3.47. The number of hydrogen-bond donors (Lipinski definition) is 0. The molecule has 0 aliphatic carbocycles. The zero-order chi connectivity index (χ0) is 58.5. The predicted molar refractivity (Wildman–Crippen MR) is 352 cm³/mol. The number of allylic oxidation sites excluding steroid dienone is 24. The Morgan fingerprint density at radius 1 is 0.247 bits per heavy atom. The Labute approximate surface area is 499 Å². The third-order valence-corrected chi connectivity index (χ3v) is 13.8.